The summed E-state index contributed by atoms with van der Waals surface area (Å²) in [4.78, 5) is 33.3. The van der Waals surface area contributed by atoms with Gasteiger partial charge < -0.3 is 14.8 Å². The van der Waals surface area contributed by atoms with E-state index in [-0.39, 0.29) is 17.7 Å². The molecule has 1 unspecified atom stereocenters. The average molecular weight is 342 g/mol. The van der Waals surface area contributed by atoms with Crippen LogP contribution in [0.25, 0.3) is 10.9 Å². The van der Waals surface area contributed by atoms with Crippen LogP contribution in [0.3, 0.4) is 0 Å². The minimum atomic E-state index is -0.185. The lowest BCUT2D eigenvalue weighted by Crippen LogP contribution is -2.41. The zero-order valence-electron chi connectivity index (χ0n) is 15.2. The summed E-state index contributed by atoms with van der Waals surface area (Å²) in [5.41, 5.74) is 2.33. The molecule has 3 rings (SSSR count). The van der Waals surface area contributed by atoms with Crippen molar-refractivity contribution in [3.63, 3.8) is 0 Å². The summed E-state index contributed by atoms with van der Waals surface area (Å²) in [5, 5.41) is 1.20. The maximum atomic E-state index is 12.5. The van der Waals surface area contributed by atoms with Crippen molar-refractivity contribution >= 4 is 22.7 Å². The van der Waals surface area contributed by atoms with Gasteiger partial charge in [-0.2, -0.15) is 0 Å². The quantitative estimate of drug-likeness (QED) is 0.920. The highest BCUT2D eigenvalue weighted by Crippen LogP contribution is 2.18. The van der Waals surface area contributed by atoms with Gasteiger partial charge in [-0.1, -0.05) is 12.1 Å². The molecule has 1 aromatic carbocycles. The number of H-pyrrole nitrogens is 1. The van der Waals surface area contributed by atoms with Gasteiger partial charge in [-0.15, -0.1) is 0 Å². The van der Waals surface area contributed by atoms with E-state index in [0.29, 0.717) is 19.6 Å². The van der Waals surface area contributed by atoms with Crippen LogP contribution in [0.5, 0.6) is 0 Å². The fourth-order valence-corrected chi connectivity index (χ4v) is 3.48. The Morgan fingerprint density at radius 3 is 2.72 bits per heavy atom. The molecule has 1 atom stereocenters. The van der Waals surface area contributed by atoms with Gasteiger partial charge in [-0.25, -0.2) is 0 Å². The van der Waals surface area contributed by atoms with E-state index in [1.807, 2.05) is 6.20 Å². The summed E-state index contributed by atoms with van der Waals surface area (Å²) < 4.78 is 0. The van der Waals surface area contributed by atoms with Crippen molar-refractivity contribution in [3.8, 4) is 0 Å². The topological polar surface area (TPSA) is 59.7 Å². The van der Waals surface area contributed by atoms with Crippen LogP contribution in [0.1, 0.15) is 12.5 Å². The monoisotopic (exact) mass is 342 g/mol. The normalized spacial score (nSPS) is 19.0. The molecule has 0 aliphatic carbocycles. The molecular weight excluding hydrogens is 316 g/mol. The zero-order chi connectivity index (χ0) is 18.0. The predicted molar refractivity (Wildman–Crippen MR) is 98.0 cm³/mol. The predicted octanol–water partition coefficient (Wildman–Crippen LogP) is 1.54. The van der Waals surface area contributed by atoms with Gasteiger partial charge in [0.1, 0.15) is 0 Å². The first-order chi connectivity index (χ1) is 11.9. The lowest BCUT2D eigenvalue weighted by molar-refractivity contribution is -0.135. The Morgan fingerprint density at radius 1 is 1.20 bits per heavy atom. The largest absolute Gasteiger partial charge is 0.361 e. The third-order valence-electron chi connectivity index (χ3n) is 4.87. The molecule has 6 heteroatoms. The summed E-state index contributed by atoms with van der Waals surface area (Å²) in [5.74, 6) is -0.0696. The molecule has 1 aliphatic rings. The summed E-state index contributed by atoms with van der Waals surface area (Å²) in [6.07, 6.45) is 1.94. The second-order valence-electron chi connectivity index (χ2n) is 7.03. The van der Waals surface area contributed by atoms with Gasteiger partial charge in [0, 0.05) is 65.5 Å². The molecule has 1 aliphatic heterocycles. The molecule has 2 amide bonds. The Hall–Kier alpha value is -2.34. The fraction of sp³-hybridized carbons (Fsp3) is 0.474. The number of nitrogens with one attached hydrogen (secondary N) is 1. The molecule has 25 heavy (non-hydrogen) atoms. The number of nitrogens with zero attached hydrogens (tertiary/aromatic N) is 3. The van der Waals surface area contributed by atoms with E-state index in [0.717, 1.165) is 18.6 Å². The highest BCUT2D eigenvalue weighted by atomic mass is 16.2. The SMILES string of the molecule is CC(=O)N1CCN(Cc2ccc3cc[nH]c3c2)CC(C(=O)N(C)C)C1. The van der Waals surface area contributed by atoms with E-state index >= 15 is 0 Å². The second-order valence-corrected chi connectivity index (χ2v) is 7.03. The number of aromatic nitrogens is 1. The van der Waals surface area contributed by atoms with Crippen LogP contribution in [-0.2, 0) is 16.1 Å². The molecule has 0 radical (unpaired) electrons. The molecule has 1 aromatic heterocycles. The molecule has 0 saturated carbocycles. The van der Waals surface area contributed by atoms with Crippen LogP contribution in [-0.4, -0.2) is 71.8 Å². The maximum absolute atomic E-state index is 12.5. The first-order valence-electron chi connectivity index (χ1n) is 8.69. The van der Waals surface area contributed by atoms with E-state index in [1.165, 1.54) is 10.9 Å². The van der Waals surface area contributed by atoms with Crippen molar-refractivity contribution in [1.82, 2.24) is 19.7 Å². The number of carbonyl (C=O) groups excluding carboxylic acids is 2. The van der Waals surface area contributed by atoms with Crippen LogP contribution < -0.4 is 0 Å². The minimum absolute atomic E-state index is 0.0335. The number of rotatable bonds is 3. The van der Waals surface area contributed by atoms with Gasteiger partial charge in [0.25, 0.3) is 0 Å². The smallest absolute Gasteiger partial charge is 0.228 e. The van der Waals surface area contributed by atoms with E-state index in [4.69, 9.17) is 0 Å². The second kappa shape index (κ2) is 7.27. The van der Waals surface area contributed by atoms with Crippen LogP contribution in [0.15, 0.2) is 30.5 Å². The average Bonchev–Trinajstić information content (AvgIpc) is 2.93. The van der Waals surface area contributed by atoms with E-state index in [2.05, 4.69) is 34.1 Å². The molecule has 0 bridgehead atoms. The highest BCUT2D eigenvalue weighted by Gasteiger charge is 2.29. The van der Waals surface area contributed by atoms with Crippen LogP contribution >= 0.6 is 0 Å². The zero-order valence-corrected chi connectivity index (χ0v) is 15.2. The molecule has 6 nitrogen and oxygen atoms in total. The lowest BCUT2D eigenvalue weighted by atomic mass is 10.1. The van der Waals surface area contributed by atoms with Crippen molar-refractivity contribution in [1.29, 1.82) is 0 Å². The Balaban J connectivity index is 1.77. The number of aromatic amines is 1. The molecule has 1 N–H and O–H groups in total. The van der Waals surface area contributed by atoms with E-state index in [9.17, 15) is 9.59 Å². The molecule has 1 saturated heterocycles. The lowest BCUT2D eigenvalue weighted by Gasteiger charge is -2.25. The van der Waals surface area contributed by atoms with Crippen molar-refractivity contribution in [2.24, 2.45) is 5.92 Å². The Morgan fingerprint density at radius 2 is 2.00 bits per heavy atom. The van der Waals surface area contributed by atoms with E-state index in [1.54, 1.807) is 30.8 Å². The number of fused-ring (bicyclic) bond motifs is 1. The van der Waals surface area contributed by atoms with E-state index < -0.39 is 0 Å². The van der Waals surface area contributed by atoms with Gasteiger partial charge >= 0.3 is 0 Å². The highest BCUT2D eigenvalue weighted by molar-refractivity contribution is 5.81. The number of hydrogen-bond acceptors (Lipinski definition) is 3. The molecule has 134 valence electrons. The van der Waals surface area contributed by atoms with Crippen molar-refractivity contribution in [3.05, 3.63) is 36.0 Å². The fourth-order valence-electron chi connectivity index (χ4n) is 3.48. The summed E-state index contributed by atoms with van der Waals surface area (Å²) in [7, 11) is 3.55. The van der Waals surface area contributed by atoms with Crippen LogP contribution in [0.2, 0.25) is 0 Å². The number of hydrogen-bond donors (Lipinski definition) is 1. The summed E-state index contributed by atoms with van der Waals surface area (Å²) in [6.45, 7) is 4.96. The standard InChI is InChI=1S/C19H26N4O2/c1-14(24)23-9-8-22(12-17(13-23)19(25)21(2)3)11-15-4-5-16-6-7-20-18(16)10-15/h4-7,10,17,20H,8-9,11-13H2,1-3H3. The number of carbonyl (C=O) groups is 2. The van der Waals surface area contributed by atoms with Crippen LogP contribution in [0, 0.1) is 5.92 Å². The van der Waals surface area contributed by atoms with Gasteiger partial charge in [0.15, 0.2) is 0 Å². The summed E-state index contributed by atoms with van der Waals surface area (Å²) in [6, 6.07) is 8.46. The summed E-state index contributed by atoms with van der Waals surface area (Å²) >= 11 is 0. The van der Waals surface area contributed by atoms with Crippen LogP contribution in [0.4, 0.5) is 0 Å². The van der Waals surface area contributed by atoms with Crippen molar-refractivity contribution in [2.45, 2.75) is 13.5 Å². The molecule has 2 aromatic rings. The van der Waals surface area contributed by atoms with Gasteiger partial charge in [0.05, 0.1) is 5.92 Å². The Labute approximate surface area is 148 Å². The number of amides is 2. The third-order valence-corrected chi connectivity index (χ3v) is 4.87. The maximum Gasteiger partial charge on any atom is 0.228 e. The first kappa shape index (κ1) is 17.5. The third kappa shape index (κ3) is 4.02. The number of benzene rings is 1. The minimum Gasteiger partial charge on any atom is -0.361 e. The van der Waals surface area contributed by atoms with Gasteiger partial charge in [-0.3, -0.25) is 14.5 Å². The Bertz CT molecular complexity index is 768. The molecular formula is C19H26N4O2. The molecule has 2 heterocycles. The van der Waals surface area contributed by atoms with Gasteiger partial charge in [-0.05, 0) is 23.1 Å². The van der Waals surface area contributed by atoms with Crippen molar-refractivity contribution < 1.29 is 9.59 Å². The van der Waals surface area contributed by atoms with Crippen molar-refractivity contribution in [2.75, 3.05) is 40.3 Å². The first-order valence-corrected chi connectivity index (χ1v) is 8.69. The van der Waals surface area contributed by atoms with Gasteiger partial charge in [0.2, 0.25) is 11.8 Å². The molecule has 1 fully saturated rings. The Kier molecular flexibility index (Phi) is 5.08. The molecule has 0 spiro atoms.